The second-order valence-electron chi connectivity index (χ2n) is 6.33. The van der Waals surface area contributed by atoms with Crippen LogP contribution in [-0.2, 0) is 4.79 Å². The Morgan fingerprint density at radius 2 is 1.89 bits per heavy atom. The Hall–Kier alpha value is -2.93. The molecule has 3 rings (SSSR count). The van der Waals surface area contributed by atoms with E-state index in [1.165, 1.54) is 24.9 Å². The van der Waals surface area contributed by atoms with Gasteiger partial charge in [0.05, 0.1) is 29.3 Å². The summed E-state index contributed by atoms with van der Waals surface area (Å²) in [5, 5.41) is 3.45. The summed E-state index contributed by atoms with van der Waals surface area (Å²) in [6.07, 6.45) is 1.54. The summed E-state index contributed by atoms with van der Waals surface area (Å²) in [7, 11) is 0. The predicted octanol–water partition coefficient (Wildman–Crippen LogP) is 4.22. The van der Waals surface area contributed by atoms with E-state index in [0.717, 1.165) is 5.56 Å². The van der Waals surface area contributed by atoms with E-state index >= 15 is 0 Å². The van der Waals surface area contributed by atoms with Gasteiger partial charge < -0.3 is 9.73 Å². The molecule has 1 atom stereocenters. The van der Waals surface area contributed by atoms with Crippen molar-refractivity contribution >= 4 is 23.5 Å². The van der Waals surface area contributed by atoms with Gasteiger partial charge in [-0.05, 0) is 38.5 Å². The highest BCUT2D eigenvalue weighted by Gasteiger charge is 2.19. The second-order valence-corrected chi connectivity index (χ2v) is 7.30. The summed E-state index contributed by atoms with van der Waals surface area (Å²) in [4.78, 5) is 33.3. The van der Waals surface area contributed by atoms with Crippen LogP contribution in [0.25, 0.3) is 11.6 Å². The molecular formula is C21H21N3O3S. The maximum absolute atomic E-state index is 12.4. The van der Waals surface area contributed by atoms with Crippen LogP contribution in [0.1, 0.15) is 41.5 Å². The first-order valence-electron chi connectivity index (χ1n) is 8.86. The summed E-state index contributed by atoms with van der Waals surface area (Å²) in [5.41, 5.74) is 2.03. The summed E-state index contributed by atoms with van der Waals surface area (Å²) >= 11 is 1.22. The monoisotopic (exact) mass is 395 g/mol. The van der Waals surface area contributed by atoms with Gasteiger partial charge in [0.25, 0.3) is 0 Å². The summed E-state index contributed by atoms with van der Waals surface area (Å²) in [6, 6.07) is 13.1. The minimum atomic E-state index is -0.135. The van der Waals surface area contributed by atoms with E-state index in [0.29, 0.717) is 27.9 Å². The number of hydrogen-bond acceptors (Lipinski definition) is 6. The van der Waals surface area contributed by atoms with Gasteiger partial charge in [0.1, 0.15) is 5.03 Å². The molecule has 0 spiro atoms. The Morgan fingerprint density at radius 1 is 1.14 bits per heavy atom. The van der Waals surface area contributed by atoms with Gasteiger partial charge >= 0.3 is 0 Å². The lowest BCUT2D eigenvalue weighted by Crippen LogP contribution is -2.28. The first kappa shape index (κ1) is 19.8. The third-order valence-corrected chi connectivity index (χ3v) is 5.14. The highest BCUT2D eigenvalue weighted by atomic mass is 32.2. The molecule has 0 bridgehead atoms. The average Bonchev–Trinajstić information content (AvgIpc) is 3.21. The van der Waals surface area contributed by atoms with Crippen molar-refractivity contribution in [3.05, 3.63) is 65.5 Å². The quantitative estimate of drug-likeness (QED) is 0.366. The molecule has 1 amide bonds. The Balaban J connectivity index is 1.75. The Labute approximate surface area is 167 Å². The maximum Gasteiger partial charge on any atom is 0.230 e. The standard InChI is InChI=1S/C21H21N3O3S/c1-13(16-8-5-4-6-9-16)22-18(26)12-28-21-19(15(3)25)14(2)23-20(24-21)17-10-7-11-27-17/h4-11,13H,12H2,1-3H3,(H,22,26)/t13-/m0/s1. The van der Waals surface area contributed by atoms with Crippen molar-refractivity contribution in [2.24, 2.45) is 0 Å². The summed E-state index contributed by atoms with van der Waals surface area (Å²) in [6.45, 7) is 5.16. The first-order valence-corrected chi connectivity index (χ1v) is 9.85. The van der Waals surface area contributed by atoms with Crippen LogP contribution in [0.3, 0.4) is 0 Å². The number of aromatic nitrogens is 2. The number of Topliss-reactive ketones (excluding diaryl/α,β-unsaturated/α-hetero) is 1. The molecule has 0 saturated heterocycles. The number of rotatable bonds is 7. The smallest absolute Gasteiger partial charge is 0.230 e. The number of nitrogens with zero attached hydrogens (tertiary/aromatic N) is 2. The van der Waals surface area contributed by atoms with E-state index in [-0.39, 0.29) is 23.5 Å². The van der Waals surface area contributed by atoms with Crippen LogP contribution >= 0.6 is 11.8 Å². The number of carbonyl (C=O) groups is 2. The van der Waals surface area contributed by atoms with Gasteiger partial charge in [-0.15, -0.1) is 0 Å². The fraction of sp³-hybridized carbons (Fsp3) is 0.238. The molecule has 3 aromatic rings. The number of amides is 1. The van der Waals surface area contributed by atoms with Crippen molar-refractivity contribution in [3.63, 3.8) is 0 Å². The fourth-order valence-electron chi connectivity index (χ4n) is 2.81. The van der Waals surface area contributed by atoms with Gasteiger partial charge in [-0.1, -0.05) is 42.1 Å². The zero-order valence-electron chi connectivity index (χ0n) is 15.9. The normalized spacial score (nSPS) is 11.8. The molecule has 0 aliphatic carbocycles. The van der Waals surface area contributed by atoms with E-state index in [1.54, 1.807) is 19.1 Å². The minimum absolute atomic E-state index is 0.104. The molecule has 2 aromatic heterocycles. The maximum atomic E-state index is 12.4. The Morgan fingerprint density at radius 3 is 2.54 bits per heavy atom. The predicted molar refractivity (Wildman–Crippen MR) is 108 cm³/mol. The van der Waals surface area contributed by atoms with E-state index in [9.17, 15) is 9.59 Å². The van der Waals surface area contributed by atoms with Crippen molar-refractivity contribution in [1.82, 2.24) is 15.3 Å². The van der Waals surface area contributed by atoms with Crippen molar-refractivity contribution < 1.29 is 14.0 Å². The molecule has 1 aromatic carbocycles. The van der Waals surface area contributed by atoms with Crippen LogP contribution in [0, 0.1) is 6.92 Å². The lowest BCUT2D eigenvalue weighted by atomic mass is 10.1. The molecule has 0 aliphatic heterocycles. The molecule has 1 N–H and O–H groups in total. The van der Waals surface area contributed by atoms with Crippen LogP contribution in [0.4, 0.5) is 0 Å². The van der Waals surface area contributed by atoms with Crippen LogP contribution in [0.5, 0.6) is 0 Å². The van der Waals surface area contributed by atoms with Gasteiger partial charge in [0.15, 0.2) is 17.4 Å². The van der Waals surface area contributed by atoms with Gasteiger partial charge in [-0.25, -0.2) is 9.97 Å². The zero-order chi connectivity index (χ0) is 20.1. The number of furan rings is 1. The zero-order valence-corrected chi connectivity index (χ0v) is 16.7. The van der Waals surface area contributed by atoms with E-state index in [1.807, 2.05) is 37.3 Å². The van der Waals surface area contributed by atoms with E-state index in [2.05, 4.69) is 15.3 Å². The molecule has 0 saturated carbocycles. The molecular weight excluding hydrogens is 374 g/mol. The summed E-state index contributed by atoms with van der Waals surface area (Å²) < 4.78 is 5.36. The number of benzene rings is 1. The van der Waals surface area contributed by atoms with Crippen molar-refractivity contribution in [2.45, 2.75) is 31.8 Å². The molecule has 0 fully saturated rings. The molecule has 7 heteroatoms. The lowest BCUT2D eigenvalue weighted by Gasteiger charge is -2.15. The summed E-state index contributed by atoms with van der Waals surface area (Å²) in [5.74, 6) is 0.789. The van der Waals surface area contributed by atoms with Crippen molar-refractivity contribution in [3.8, 4) is 11.6 Å². The first-order chi connectivity index (χ1) is 13.5. The Bertz CT molecular complexity index is 972. The van der Waals surface area contributed by atoms with Crippen molar-refractivity contribution in [2.75, 3.05) is 5.75 Å². The van der Waals surface area contributed by atoms with Gasteiger partial charge in [-0.3, -0.25) is 9.59 Å². The van der Waals surface area contributed by atoms with Crippen LogP contribution in [0.15, 0.2) is 58.2 Å². The largest absolute Gasteiger partial charge is 0.461 e. The lowest BCUT2D eigenvalue weighted by molar-refractivity contribution is -0.119. The topological polar surface area (TPSA) is 85.1 Å². The number of nitrogens with one attached hydrogen (secondary N) is 1. The second kappa shape index (κ2) is 8.84. The van der Waals surface area contributed by atoms with E-state index in [4.69, 9.17) is 4.42 Å². The number of ketones is 1. The minimum Gasteiger partial charge on any atom is -0.461 e. The number of aryl methyl sites for hydroxylation is 1. The third-order valence-electron chi connectivity index (χ3n) is 4.17. The fourth-order valence-corrected chi connectivity index (χ4v) is 3.75. The van der Waals surface area contributed by atoms with Gasteiger partial charge in [-0.2, -0.15) is 0 Å². The molecule has 0 aliphatic rings. The molecule has 0 radical (unpaired) electrons. The molecule has 2 heterocycles. The van der Waals surface area contributed by atoms with Crippen LogP contribution in [-0.4, -0.2) is 27.4 Å². The van der Waals surface area contributed by atoms with Gasteiger partial charge in [0, 0.05) is 0 Å². The SMILES string of the molecule is CC(=O)c1c(C)nc(-c2ccco2)nc1SCC(=O)N[C@@H](C)c1ccccc1. The van der Waals surface area contributed by atoms with Crippen molar-refractivity contribution in [1.29, 1.82) is 0 Å². The number of hydrogen-bond donors (Lipinski definition) is 1. The highest BCUT2D eigenvalue weighted by Crippen LogP contribution is 2.27. The Kier molecular flexibility index (Phi) is 6.26. The molecule has 144 valence electrons. The van der Waals surface area contributed by atoms with Crippen LogP contribution in [0.2, 0.25) is 0 Å². The highest BCUT2D eigenvalue weighted by molar-refractivity contribution is 8.00. The third kappa shape index (κ3) is 4.67. The number of thioether (sulfide) groups is 1. The van der Waals surface area contributed by atoms with Crippen LogP contribution < -0.4 is 5.32 Å². The van der Waals surface area contributed by atoms with Gasteiger partial charge in [0.2, 0.25) is 5.91 Å². The molecule has 0 unspecified atom stereocenters. The van der Waals surface area contributed by atoms with E-state index < -0.39 is 0 Å². The average molecular weight is 395 g/mol. The molecule has 28 heavy (non-hydrogen) atoms. The number of carbonyl (C=O) groups excluding carboxylic acids is 2. The molecule has 6 nitrogen and oxygen atoms in total.